The van der Waals surface area contributed by atoms with Gasteiger partial charge in [-0.05, 0) is 19.3 Å². The Kier molecular flexibility index (Phi) is 8.25. The van der Waals surface area contributed by atoms with Crippen LogP contribution in [0.1, 0.15) is 32.6 Å². The highest BCUT2D eigenvalue weighted by atomic mass is 16.6. The van der Waals surface area contributed by atoms with Crippen LogP contribution in [0.5, 0.6) is 0 Å². The van der Waals surface area contributed by atoms with Gasteiger partial charge in [0.15, 0.2) is 0 Å². The maximum absolute atomic E-state index is 9.89. The molecule has 0 saturated carbocycles. The van der Waals surface area contributed by atoms with Gasteiger partial charge in [0, 0.05) is 6.61 Å². The van der Waals surface area contributed by atoms with Gasteiger partial charge in [-0.15, -0.1) is 0 Å². The number of hydrogen-bond donors (Lipinski definition) is 3. The molecule has 1 rings (SSSR count). The van der Waals surface area contributed by atoms with Crippen LogP contribution in [-0.2, 0) is 9.47 Å². The fourth-order valence-electron chi connectivity index (χ4n) is 2.05. The number of aliphatic hydroxyl groups excluding tert-OH is 3. The van der Waals surface area contributed by atoms with Gasteiger partial charge in [-0.1, -0.05) is 25.5 Å². The first-order valence-electron chi connectivity index (χ1n) is 7.05. The lowest BCUT2D eigenvalue weighted by molar-refractivity contribution is -0.210. The minimum Gasteiger partial charge on any atom is -0.394 e. The predicted octanol–water partition coefficient (Wildman–Crippen LogP) is 0.621. The van der Waals surface area contributed by atoms with Crippen LogP contribution in [0.4, 0.5) is 0 Å². The van der Waals surface area contributed by atoms with Crippen molar-refractivity contribution >= 4 is 0 Å². The summed E-state index contributed by atoms with van der Waals surface area (Å²) < 4.78 is 10.6. The van der Waals surface area contributed by atoms with E-state index in [2.05, 4.69) is 19.1 Å². The largest absolute Gasteiger partial charge is 0.394 e. The standard InChI is InChI=1S/C14H26O5/c1-2-3-4-5-6-7-8-18-14-11(16)10-19-12(9-15)13(14)17/h4-5,11-17H,2-3,6-10H2,1H3/b5-4+/t11-,12+,13+,14+/m0/s1. The summed E-state index contributed by atoms with van der Waals surface area (Å²) in [5.41, 5.74) is 0. The lowest BCUT2D eigenvalue weighted by Crippen LogP contribution is -2.55. The zero-order valence-electron chi connectivity index (χ0n) is 11.6. The molecule has 0 unspecified atom stereocenters. The number of rotatable bonds is 8. The maximum Gasteiger partial charge on any atom is 0.114 e. The van der Waals surface area contributed by atoms with Gasteiger partial charge in [-0.2, -0.15) is 0 Å². The van der Waals surface area contributed by atoms with Gasteiger partial charge in [-0.3, -0.25) is 0 Å². The predicted molar refractivity (Wildman–Crippen MR) is 71.9 cm³/mol. The molecule has 0 aliphatic carbocycles. The second-order valence-corrected chi connectivity index (χ2v) is 4.85. The van der Waals surface area contributed by atoms with Crippen LogP contribution in [0, 0.1) is 0 Å². The van der Waals surface area contributed by atoms with Crippen LogP contribution in [0.15, 0.2) is 12.2 Å². The summed E-state index contributed by atoms with van der Waals surface area (Å²) in [7, 11) is 0. The third kappa shape index (κ3) is 5.58. The Morgan fingerprint density at radius 1 is 1.26 bits per heavy atom. The summed E-state index contributed by atoms with van der Waals surface area (Å²) in [6.07, 6.45) is 5.13. The average Bonchev–Trinajstić information content (AvgIpc) is 2.41. The molecule has 0 spiro atoms. The fourth-order valence-corrected chi connectivity index (χ4v) is 2.05. The molecule has 112 valence electrons. The summed E-state index contributed by atoms with van der Waals surface area (Å²) in [5, 5.41) is 28.6. The Labute approximate surface area is 114 Å². The van der Waals surface area contributed by atoms with Gasteiger partial charge in [0.1, 0.15) is 24.4 Å². The molecule has 1 heterocycles. The van der Waals surface area contributed by atoms with Crippen LogP contribution < -0.4 is 0 Å². The molecule has 1 saturated heterocycles. The first-order chi connectivity index (χ1) is 9.20. The van der Waals surface area contributed by atoms with E-state index in [0.717, 1.165) is 25.7 Å². The van der Waals surface area contributed by atoms with E-state index in [-0.39, 0.29) is 13.2 Å². The summed E-state index contributed by atoms with van der Waals surface area (Å²) in [4.78, 5) is 0. The van der Waals surface area contributed by atoms with Crippen LogP contribution in [-0.4, -0.2) is 59.6 Å². The second-order valence-electron chi connectivity index (χ2n) is 4.85. The third-order valence-corrected chi connectivity index (χ3v) is 3.21. The fraction of sp³-hybridized carbons (Fsp3) is 0.857. The van der Waals surface area contributed by atoms with Crippen molar-refractivity contribution < 1.29 is 24.8 Å². The average molecular weight is 274 g/mol. The number of allylic oxidation sites excluding steroid dienone is 2. The van der Waals surface area contributed by atoms with Crippen LogP contribution >= 0.6 is 0 Å². The van der Waals surface area contributed by atoms with Gasteiger partial charge in [0.2, 0.25) is 0 Å². The van der Waals surface area contributed by atoms with Crippen molar-refractivity contribution in [3.05, 3.63) is 12.2 Å². The Morgan fingerprint density at radius 2 is 2.00 bits per heavy atom. The molecule has 0 aromatic heterocycles. The summed E-state index contributed by atoms with van der Waals surface area (Å²) >= 11 is 0. The molecule has 5 nitrogen and oxygen atoms in total. The molecule has 4 atom stereocenters. The summed E-state index contributed by atoms with van der Waals surface area (Å²) in [5.74, 6) is 0. The highest BCUT2D eigenvalue weighted by Crippen LogP contribution is 2.18. The second kappa shape index (κ2) is 9.44. The van der Waals surface area contributed by atoms with Gasteiger partial charge < -0.3 is 24.8 Å². The first kappa shape index (κ1) is 16.6. The van der Waals surface area contributed by atoms with Crippen molar-refractivity contribution in [2.75, 3.05) is 19.8 Å². The number of hydrogen-bond acceptors (Lipinski definition) is 5. The topological polar surface area (TPSA) is 79.2 Å². The summed E-state index contributed by atoms with van der Waals surface area (Å²) in [6, 6.07) is 0. The van der Waals surface area contributed by atoms with E-state index in [0.29, 0.717) is 6.61 Å². The third-order valence-electron chi connectivity index (χ3n) is 3.21. The van der Waals surface area contributed by atoms with E-state index in [1.165, 1.54) is 0 Å². The van der Waals surface area contributed by atoms with Crippen molar-refractivity contribution in [3.63, 3.8) is 0 Å². The van der Waals surface area contributed by atoms with Gasteiger partial charge >= 0.3 is 0 Å². The zero-order valence-corrected chi connectivity index (χ0v) is 11.6. The molecule has 1 fully saturated rings. The van der Waals surface area contributed by atoms with Crippen LogP contribution in [0.2, 0.25) is 0 Å². The molecule has 0 radical (unpaired) electrons. The molecule has 0 bridgehead atoms. The molecule has 1 aliphatic rings. The van der Waals surface area contributed by atoms with E-state index in [9.17, 15) is 10.2 Å². The van der Waals surface area contributed by atoms with Crippen molar-refractivity contribution in [1.29, 1.82) is 0 Å². The molecule has 19 heavy (non-hydrogen) atoms. The lowest BCUT2D eigenvalue weighted by atomic mass is 10.0. The molecule has 0 amide bonds. The quantitative estimate of drug-likeness (QED) is 0.447. The van der Waals surface area contributed by atoms with Crippen LogP contribution in [0.25, 0.3) is 0 Å². The number of aliphatic hydroxyl groups is 3. The number of ether oxygens (including phenoxy) is 2. The van der Waals surface area contributed by atoms with E-state index in [1.54, 1.807) is 0 Å². The summed E-state index contributed by atoms with van der Waals surface area (Å²) in [6.45, 7) is 2.43. The monoisotopic (exact) mass is 274 g/mol. The van der Waals surface area contributed by atoms with Crippen molar-refractivity contribution in [2.24, 2.45) is 0 Å². The van der Waals surface area contributed by atoms with E-state index >= 15 is 0 Å². The van der Waals surface area contributed by atoms with Gasteiger partial charge in [0.05, 0.1) is 13.2 Å². The lowest BCUT2D eigenvalue weighted by Gasteiger charge is -2.37. The Balaban J connectivity index is 2.22. The smallest absolute Gasteiger partial charge is 0.114 e. The Hall–Kier alpha value is -0.460. The minimum absolute atomic E-state index is 0.0867. The van der Waals surface area contributed by atoms with Crippen LogP contribution in [0.3, 0.4) is 0 Å². The molecule has 3 N–H and O–H groups in total. The highest BCUT2D eigenvalue weighted by Gasteiger charge is 2.38. The Morgan fingerprint density at radius 3 is 2.68 bits per heavy atom. The minimum atomic E-state index is -0.982. The van der Waals surface area contributed by atoms with E-state index in [4.69, 9.17) is 14.6 Å². The van der Waals surface area contributed by atoms with Crippen molar-refractivity contribution in [2.45, 2.75) is 57.0 Å². The SMILES string of the molecule is CCC/C=C/CCCO[C@H]1[C@H](O)[C@@H](CO)OC[C@@H]1O. The van der Waals surface area contributed by atoms with E-state index < -0.39 is 24.4 Å². The van der Waals surface area contributed by atoms with Gasteiger partial charge in [-0.25, -0.2) is 0 Å². The van der Waals surface area contributed by atoms with Crippen molar-refractivity contribution in [3.8, 4) is 0 Å². The highest BCUT2D eigenvalue weighted by molar-refractivity contribution is 4.88. The molecular formula is C14H26O5. The molecule has 0 aromatic rings. The Bertz CT molecular complexity index is 256. The molecule has 5 heteroatoms. The molecule has 1 aliphatic heterocycles. The normalized spacial score (nSPS) is 32.0. The molecule has 0 aromatic carbocycles. The molecular weight excluding hydrogens is 248 g/mol. The maximum atomic E-state index is 9.89. The first-order valence-corrected chi connectivity index (χ1v) is 7.05. The number of unbranched alkanes of at least 4 members (excludes halogenated alkanes) is 2. The zero-order chi connectivity index (χ0) is 14.1. The van der Waals surface area contributed by atoms with Gasteiger partial charge in [0.25, 0.3) is 0 Å². The van der Waals surface area contributed by atoms with E-state index in [1.807, 2.05) is 0 Å². The van der Waals surface area contributed by atoms with Crippen molar-refractivity contribution in [1.82, 2.24) is 0 Å².